The number of H-pyrrole nitrogens is 1. The van der Waals surface area contributed by atoms with E-state index in [4.69, 9.17) is 11.6 Å². The number of aromatic amines is 1. The molecular weight excluding hydrogens is 388 g/mol. The van der Waals surface area contributed by atoms with E-state index >= 15 is 0 Å². The Morgan fingerprint density at radius 1 is 1.22 bits per heavy atom. The highest BCUT2D eigenvalue weighted by Gasteiger charge is 2.12. The molecule has 0 bridgehead atoms. The van der Waals surface area contributed by atoms with Crippen LogP contribution in [0.25, 0.3) is 0 Å². The van der Waals surface area contributed by atoms with E-state index in [1.807, 2.05) is 13.0 Å². The van der Waals surface area contributed by atoms with Crippen molar-refractivity contribution in [3.63, 3.8) is 0 Å². The standard InChI is InChI=1S/C18H15ClN4O3S/c1-10-2-4-12(6-14(10)19)21-16(25)7-13-9-27-18(22-13)23-17(26)11-3-5-15(24)20-8-11/h2-6,8-9H,7H2,1H3,(H,20,24)(H,21,25)(H,22,23,26). The van der Waals surface area contributed by atoms with E-state index < -0.39 is 5.91 Å². The highest BCUT2D eigenvalue weighted by molar-refractivity contribution is 7.14. The summed E-state index contributed by atoms with van der Waals surface area (Å²) in [5.41, 5.74) is 2.09. The molecule has 0 aliphatic heterocycles. The lowest BCUT2D eigenvalue weighted by Gasteiger charge is -2.06. The van der Waals surface area contributed by atoms with Crippen LogP contribution in [0.1, 0.15) is 21.6 Å². The van der Waals surface area contributed by atoms with Crippen molar-refractivity contribution >= 4 is 45.6 Å². The molecular formula is C18H15ClN4O3S. The van der Waals surface area contributed by atoms with Crippen molar-refractivity contribution in [3.8, 4) is 0 Å². The van der Waals surface area contributed by atoms with Gasteiger partial charge in [0.15, 0.2) is 5.13 Å². The number of hydrogen-bond donors (Lipinski definition) is 3. The average Bonchev–Trinajstić information content (AvgIpc) is 3.05. The van der Waals surface area contributed by atoms with Gasteiger partial charge in [-0.3, -0.25) is 19.7 Å². The lowest BCUT2D eigenvalue weighted by atomic mass is 10.2. The maximum absolute atomic E-state index is 12.2. The second-order valence-electron chi connectivity index (χ2n) is 5.73. The molecule has 3 aromatic rings. The number of hydrogen-bond acceptors (Lipinski definition) is 5. The zero-order valence-electron chi connectivity index (χ0n) is 14.2. The molecule has 7 nitrogen and oxygen atoms in total. The van der Waals surface area contributed by atoms with Crippen LogP contribution in [0, 0.1) is 6.92 Å². The molecule has 3 rings (SSSR count). The Morgan fingerprint density at radius 3 is 2.74 bits per heavy atom. The van der Waals surface area contributed by atoms with E-state index in [1.165, 1.54) is 29.7 Å². The third-order valence-corrected chi connectivity index (χ3v) is 4.83. The first-order valence-corrected chi connectivity index (χ1v) is 9.17. The Hall–Kier alpha value is -2.97. The number of pyridine rings is 1. The fraction of sp³-hybridized carbons (Fsp3) is 0.111. The van der Waals surface area contributed by atoms with Crippen LogP contribution in [0.2, 0.25) is 5.02 Å². The maximum Gasteiger partial charge on any atom is 0.258 e. The smallest absolute Gasteiger partial charge is 0.258 e. The van der Waals surface area contributed by atoms with Gasteiger partial charge in [-0.15, -0.1) is 11.3 Å². The van der Waals surface area contributed by atoms with Crippen LogP contribution in [0.5, 0.6) is 0 Å². The van der Waals surface area contributed by atoms with Crippen LogP contribution < -0.4 is 16.2 Å². The molecule has 3 N–H and O–H groups in total. The van der Waals surface area contributed by atoms with Crippen LogP contribution in [-0.2, 0) is 11.2 Å². The number of nitrogens with zero attached hydrogens (tertiary/aromatic N) is 1. The fourth-order valence-corrected chi connectivity index (χ4v) is 3.09. The summed E-state index contributed by atoms with van der Waals surface area (Å²) >= 11 is 7.26. The molecule has 2 amide bonds. The summed E-state index contributed by atoms with van der Waals surface area (Å²) in [5, 5.41) is 8.04. The van der Waals surface area contributed by atoms with Gasteiger partial charge in [-0.25, -0.2) is 4.98 Å². The molecule has 2 aromatic heterocycles. The highest BCUT2D eigenvalue weighted by atomic mass is 35.5. The van der Waals surface area contributed by atoms with Crippen molar-refractivity contribution < 1.29 is 9.59 Å². The van der Waals surface area contributed by atoms with Crippen LogP contribution in [0.3, 0.4) is 0 Å². The number of nitrogens with one attached hydrogen (secondary N) is 3. The molecule has 2 heterocycles. The highest BCUT2D eigenvalue weighted by Crippen LogP contribution is 2.21. The summed E-state index contributed by atoms with van der Waals surface area (Å²) < 4.78 is 0. The second-order valence-corrected chi connectivity index (χ2v) is 6.99. The predicted octanol–water partition coefficient (Wildman–Crippen LogP) is 3.23. The molecule has 0 atom stereocenters. The summed E-state index contributed by atoms with van der Waals surface area (Å²) in [6.07, 6.45) is 1.39. The number of carbonyl (C=O) groups excluding carboxylic acids is 2. The zero-order valence-corrected chi connectivity index (χ0v) is 15.8. The number of thiazole rings is 1. The number of benzene rings is 1. The zero-order chi connectivity index (χ0) is 19.4. The Labute approximate surface area is 163 Å². The van der Waals surface area contributed by atoms with E-state index in [1.54, 1.807) is 17.5 Å². The summed E-state index contributed by atoms with van der Waals surface area (Å²) in [7, 11) is 0. The van der Waals surface area contributed by atoms with Gasteiger partial charge in [-0.2, -0.15) is 0 Å². The molecule has 0 aliphatic carbocycles. The number of amides is 2. The van der Waals surface area contributed by atoms with Crippen LogP contribution in [0.4, 0.5) is 10.8 Å². The minimum Gasteiger partial charge on any atom is -0.328 e. The summed E-state index contributed by atoms with van der Waals surface area (Å²) in [6, 6.07) is 7.97. The minimum absolute atomic E-state index is 0.0660. The lowest BCUT2D eigenvalue weighted by Crippen LogP contribution is -2.16. The van der Waals surface area contributed by atoms with Crippen molar-refractivity contribution in [3.05, 3.63) is 74.1 Å². The Kier molecular flexibility index (Phi) is 5.68. The van der Waals surface area contributed by atoms with Gasteiger partial charge >= 0.3 is 0 Å². The predicted molar refractivity (Wildman–Crippen MR) is 106 cm³/mol. The normalized spacial score (nSPS) is 10.4. The first kappa shape index (κ1) is 18.8. The molecule has 138 valence electrons. The van der Waals surface area contributed by atoms with Gasteiger partial charge in [0.05, 0.1) is 17.7 Å². The summed E-state index contributed by atoms with van der Waals surface area (Å²) in [6.45, 7) is 1.88. The molecule has 9 heteroatoms. The van der Waals surface area contributed by atoms with Crippen molar-refractivity contribution in [2.75, 3.05) is 10.6 Å². The van der Waals surface area contributed by atoms with Gasteiger partial charge in [0.1, 0.15) is 0 Å². The van der Waals surface area contributed by atoms with E-state index in [9.17, 15) is 14.4 Å². The minimum atomic E-state index is -0.397. The first-order chi connectivity index (χ1) is 12.9. The largest absolute Gasteiger partial charge is 0.328 e. The van der Waals surface area contributed by atoms with Gasteiger partial charge in [-0.1, -0.05) is 17.7 Å². The number of halogens is 1. The van der Waals surface area contributed by atoms with Gasteiger partial charge in [-0.05, 0) is 30.7 Å². The van der Waals surface area contributed by atoms with Gasteiger partial charge < -0.3 is 10.3 Å². The average molecular weight is 403 g/mol. The van der Waals surface area contributed by atoms with Crippen LogP contribution in [-0.4, -0.2) is 21.8 Å². The number of anilines is 2. The Balaban J connectivity index is 1.59. The van der Waals surface area contributed by atoms with Gasteiger partial charge in [0, 0.05) is 28.4 Å². The van der Waals surface area contributed by atoms with E-state index in [2.05, 4.69) is 20.6 Å². The molecule has 0 spiro atoms. The summed E-state index contributed by atoms with van der Waals surface area (Å²) in [4.78, 5) is 42.0. The SMILES string of the molecule is Cc1ccc(NC(=O)Cc2csc(NC(=O)c3ccc(=O)[nH]c3)n2)cc1Cl. The van der Waals surface area contributed by atoms with Crippen molar-refractivity contribution in [1.82, 2.24) is 9.97 Å². The van der Waals surface area contributed by atoms with Crippen molar-refractivity contribution in [1.29, 1.82) is 0 Å². The van der Waals surface area contributed by atoms with Crippen molar-refractivity contribution in [2.24, 2.45) is 0 Å². The Bertz CT molecular complexity index is 1040. The first-order valence-electron chi connectivity index (χ1n) is 7.91. The van der Waals surface area contributed by atoms with Crippen LogP contribution in [0.15, 0.2) is 46.7 Å². The number of aryl methyl sites for hydroxylation is 1. The molecule has 0 radical (unpaired) electrons. The number of rotatable bonds is 5. The van der Waals surface area contributed by atoms with Gasteiger partial charge in [0.2, 0.25) is 11.5 Å². The second kappa shape index (κ2) is 8.15. The molecule has 0 fully saturated rings. The Morgan fingerprint density at radius 2 is 2.04 bits per heavy atom. The fourth-order valence-electron chi connectivity index (χ4n) is 2.21. The molecule has 27 heavy (non-hydrogen) atoms. The van der Waals surface area contributed by atoms with E-state index in [-0.39, 0.29) is 17.9 Å². The maximum atomic E-state index is 12.2. The molecule has 0 aliphatic rings. The van der Waals surface area contributed by atoms with E-state index in [0.29, 0.717) is 27.1 Å². The molecule has 0 unspecified atom stereocenters. The quantitative estimate of drug-likeness (QED) is 0.609. The number of carbonyl (C=O) groups is 2. The molecule has 0 saturated carbocycles. The van der Waals surface area contributed by atoms with Crippen LogP contribution >= 0.6 is 22.9 Å². The van der Waals surface area contributed by atoms with E-state index in [0.717, 1.165) is 5.56 Å². The third-order valence-electron chi connectivity index (χ3n) is 3.62. The molecule has 1 aromatic carbocycles. The van der Waals surface area contributed by atoms with Gasteiger partial charge in [0.25, 0.3) is 5.91 Å². The third kappa shape index (κ3) is 5.02. The van der Waals surface area contributed by atoms with Crippen molar-refractivity contribution in [2.45, 2.75) is 13.3 Å². The molecule has 0 saturated heterocycles. The monoisotopic (exact) mass is 402 g/mol. The summed E-state index contributed by atoms with van der Waals surface area (Å²) in [5.74, 6) is -0.635. The lowest BCUT2D eigenvalue weighted by molar-refractivity contribution is -0.115. The number of aromatic nitrogens is 2. The topological polar surface area (TPSA) is 104 Å².